The molecule has 0 aliphatic carbocycles. The van der Waals surface area contributed by atoms with Gasteiger partial charge in [-0.25, -0.2) is 9.59 Å². The van der Waals surface area contributed by atoms with Crippen LogP contribution in [-0.2, 0) is 4.74 Å². The van der Waals surface area contributed by atoms with Crippen LogP contribution in [-0.4, -0.2) is 36.9 Å². The quantitative estimate of drug-likeness (QED) is 0.272. The molecule has 0 bridgehead atoms. The van der Waals surface area contributed by atoms with E-state index >= 15 is 0 Å². The average Bonchev–Trinajstić information content (AvgIpc) is 2.64. The number of ether oxygens (including phenoxy) is 3. The van der Waals surface area contributed by atoms with E-state index in [4.69, 9.17) is 28.3 Å². The molecule has 0 amide bonds. The van der Waals surface area contributed by atoms with Crippen LogP contribution in [0.3, 0.4) is 0 Å². The fraction of sp³-hybridized carbons (Fsp3) is 0.176. The third kappa shape index (κ3) is 9.47. The molecule has 0 fully saturated rings. The largest absolute Gasteiger partial charge is 0.573 e. The molecule has 0 radical (unpaired) electrons. The first-order valence-electron chi connectivity index (χ1n) is 7.76. The highest BCUT2D eigenvalue weighted by molar-refractivity contribution is 9.10. The fourth-order valence-corrected chi connectivity index (χ4v) is 3.49. The molecule has 0 aliphatic heterocycles. The zero-order valence-corrected chi connectivity index (χ0v) is 20.3. The van der Waals surface area contributed by atoms with Gasteiger partial charge < -0.3 is 19.3 Å². The molecule has 2 rings (SSSR count). The van der Waals surface area contributed by atoms with E-state index < -0.39 is 41.7 Å². The van der Waals surface area contributed by atoms with Gasteiger partial charge in [0.25, 0.3) is 0 Å². The van der Waals surface area contributed by atoms with Crippen LogP contribution in [0.5, 0.6) is 11.5 Å². The summed E-state index contributed by atoms with van der Waals surface area (Å²) < 4.78 is 83.5. The van der Waals surface area contributed by atoms with Gasteiger partial charge in [-0.15, -0.1) is 26.3 Å². The molecule has 16 heteroatoms. The number of halogens is 10. The number of hydrogen-bond acceptors (Lipinski definition) is 5. The normalized spacial score (nSPS) is 11.2. The van der Waals surface area contributed by atoms with E-state index in [2.05, 4.69) is 46.1 Å². The number of alkyl halides is 6. The Morgan fingerprint density at radius 2 is 1.18 bits per heavy atom. The van der Waals surface area contributed by atoms with Crippen molar-refractivity contribution in [3.63, 3.8) is 0 Å². The van der Waals surface area contributed by atoms with Crippen molar-refractivity contribution in [1.82, 2.24) is 0 Å². The monoisotopic (exact) mass is 650 g/mol. The summed E-state index contributed by atoms with van der Waals surface area (Å²) in [6.45, 7) is 0. The summed E-state index contributed by atoms with van der Waals surface area (Å²) in [6, 6.07) is 3.69. The van der Waals surface area contributed by atoms with Crippen molar-refractivity contribution >= 4 is 67.0 Å². The zero-order chi connectivity index (χ0) is 25.7. The van der Waals surface area contributed by atoms with E-state index in [1.807, 2.05) is 0 Å². The van der Waals surface area contributed by atoms with Gasteiger partial charge in [0.15, 0.2) is 0 Å². The molecule has 0 aromatic heterocycles. The van der Waals surface area contributed by atoms with Gasteiger partial charge in [0, 0.05) is 0 Å². The smallest absolute Gasteiger partial charge is 0.478 e. The molecule has 33 heavy (non-hydrogen) atoms. The van der Waals surface area contributed by atoms with Gasteiger partial charge in [-0.05, 0) is 56.1 Å². The van der Waals surface area contributed by atoms with Crippen molar-refractivity contribution in [2.45, 2.75) is 12.7 Å². The highest BCUT2D eigenvalue weighted by Crippen LogP contribution is 2.36. The molecular formula is C17H8Br2Cl2F6O6. The van der Waals surface area contributed by atoms with Gasteiger partial charge in [0.05, 0.1) is 37.2 Å². The number of carbonyl (C=O) groups is 2. The number of carbonyl (C=O) groups excluding carboxylic acids is 1. The van der Waals surface area contributed by atoms with E-state index in [9.17, 15) is 35.9 Å². The third-order valence-electron chi connectivity index (χ3n) is 3.13. The summed E-state index contributed by atoms with van der Waals surface area (Å²) in [5, 5.41) is 8.41. The Morgan fingerprint density at radius 3 is 1.52 bits per heavy atom. The molecule has 0 unspecified atom stereocenters. The Kier molecular flexibility index (Phi) is 10.1. The van der Waals surface area contributed by atoms with E-state index in [0.29, 0.717) is 6.07 Å². The van der Waals surface area contributed by atoms with Crippen molar-refractivity contribution in [2.24, 2.45) is 0 Å². The second-order valence-electron chi connectivity index (χ2n) is 5.42. The Labute approximate surface area is 207 Å². The fourth-order valence-electron chi connectivity index (χ4n) is 1.89. The Morgan fingerprint density at radius 1 is 0.818 bits per heavy atom. The number of carboxylic acids is 1. The minimum absolute atomic E-state index is 0.0209. The number of carboxylic acid groups (broad SMARTS) is 1. The number of benzene rings is 2. The molecule has 0 atom stereocenters. The van der Waals surface area contributed by atoms with E-state index in [-0.39, 0.29) is 24.6 Å². The molecule has 2 aromatic rings. The van der Waals surface area contributed by atoms with E-state index in [0.717, 1.165) is 25.3 Å². The maximum absolute atomic E-state index is 12.0. The summed E-state index contributed by atoms with van der Waals surface area (Å²) in [6.07, 6.45) is -9.75. The van der Waals surface area contributed by atoms with Gasteiger partial charge in [0.1, 0.15) is 11.5 Å². The molecule has 0 spiro atoms. The van der Waals surface area contributed by atoms with Crippen LogP contribution in [0.25, 0.3) is 0 Å². The predicted molar refractivity (Wildman–Crippen MR) is 110 cm³/mol. The van der Waals surface area contributed by atoms with Crippen LogP contribution in [0, 0.1) is 0 Å². The van der Waals surface area contributed by atoms with Gasteiger partial charge in [-0.2, -0.15) is 0 Å². The number of hydrogen-bond donors (Lipinski definition) is 1. The summed E-state index contributed by atoms with van der Waals surface area (Å²) in [5.74, 6) is -3.52. The Hall–Kier alpha value is -1.90. The van der Waals surface area contributed by atoms with E-state index in [1.54, 1.807) is 0 Å². The van der Waals surface area contributed by atoms with Gasteiger partial charge in [-0.1, -0.05) is 23.2 Å². The summed E-state index contributed by atoms with van der Waals surface area (Å²) in [7, 11) is 1.09. The minimum Gasteiger partial charge on any atom is -0.478 e. The summed E-state index contributed by atoms with van der Waals surface area (Å²) >= 11 is 16.8. The number of aromatic carboxylic acids is 1. The molecule has 2 aromatic carbocycles. The van der Waals surface area contributed by atoms with Crippen molar-refractivity contribution in [1.29, 1.82) is 0 Å². The maximum Gasteiger partial charge on any atom is 0.573 e. The first kappa shape index (κ1) is 29.1. The summed E-state index contributed by atoms with van der Waals surface area (Å²) in [5.41, 5.74) is -0.680. The van der Waals surface area contributed by atoms with Crippen molar-refractivity contribution in [3.05, 3.63) is 54.4 Å². The molecule has 182 valence electrons. The lowest BCUT2D eigenvalue weighted by Crippen LogP contribution is -2.18. The van der Waals surface area contributed by atoms with Gasteiger partial charge in [0.2, 0.25) is 0 Å². The summed E-state index contributed by atoms with van der Waals surface area (Å²) in [4.78, 5) is 21.8. The lowest BCUT2D eigenvalue weighted by Gasteiger charge is -2.12. The third-order valence-corrected chi connectivity index (χ3v) is 5.00. The van der Waals surface area contributed by atoms with Crippen molar-refractivity contribution < 1.29 is 55.2 Å². The van der Waals surface area contributed by atoms with Crippen molar-refractivity contribution in [3.8, 4) is 11.5 Å². The molecule has 1 N–H and O–H groups in total. The van der Waals surface area contributed by atoms with Gasteiger partial charge >= 0.3 is 24.7 Å². The molecule has 0 aliphatic rings. The lowest BCUT2D eigenvalue weighted by molar-refractivity contribution is -0.276. The molecule has 0 saturated carbocycles. The zero-order valence-electron chi connectivity index (χ0n) is 15.6. The second kappa shape index (κ2) is 11.5. The molecule has 6 nitrogen and oxygen atoms in total. The highest BCUT2D eigenvalue weighted by Gasteiger charge is 2.33. The number of esters is 1. The van der Waals surface area contributed by atoms with Crippen molar-refractivity contribution in [2.75, 3.05) is 7.11 Å². The predicted octanol–water partition coefficient (Wildman–Crippen LogP) is 7.49. The topological polar surface area (TPSA) is 82.1 Å². The molecule has 0 heterocycles. The highest BCUT2D eigenvalue weighted by atomic mass is 79.9. The second-order valence-corrected chi connectivity index (χ2v) is 7.94. The van der Waals surface area contributed by atoms with Crippen LogP contribution in [0.1, 0.15) is 20.7 Å². The average molecular weight is 653 g/mol. The lowest BCUT2D eigenvalue weighted by atomic mass is 10.2. The van der Waals surface area contributed by atoms with Crippen LogP contribution in [0.15, 0.2) is 33.2 Å². The SMILES string of the molecule is COC(=O)c1cc(OC(F)(F)F)c(Br)cc1Cl.O=C(O)c1cc(OC(F)(F)F)c(Br)cc1Cl. The molecular weight excluding hydrogens is 645 g/mol. The Bertz CT molecular complexity index is 1050. The number of rotatable bonds is 4. The first-order chi connectivity index (χ1) is 14.9. The van der Waals surface area contributed by atoms with Crippen LogP contribution >= 0.6 is 55.1 Å². The van der Waals surface area contributed by atoms with Gasteiger partial charge in [-0.3, -0.25) is 0 Å². The van der Waals surface area contributed by atoms with Crippen LogP contribution in [0.4, 0.5) is 26.3 Å². The Balaban J connectivity index is 0.000000331. The standard InChI is InChI=1S/C9H5BrClF3O3.C8H3BrClF3O3/c1-16-8(15)4-2-7(17-9(12,13)14)5(10)3-6(4)11;9-4-2-5(10)3(7(14)15)1-6(4)16-8(11,12)13/h2-3H,1H3;1-2H,(H,14,15). The minimum atomic E-state index is -4.90. The maximum atomic E-state index is 12.0. The van der Waals surface area contributed by atoms with Crippen LogP contribution in [0.2, 0.25) is 10.0 Å². The first-order valence-corrected chi connectivity index (χ1v) is 10.1. The molecule has 0 saturated heterocycles. The van der Waals surface area contributed by atoms with E-state index in [1.165, 1.54) is 0 Å². The van der Waals surface area contributed by atoms with Crippen LogP contribution < -0.4 is 9.47 Å². The number of methoxy groups -OCH3 is 1.